The smallest absolute Gasteiger partial charge is 0.163 e. The van der Waals surface area contributed by atoms with Gasteiger partial charge in [-0.05, 0) is 56.7 Å². The molecule has 0 aromatic heterocycles. The molecule has 140 valence electrons. The second kappa shape index (κ2) is 10.8. The third kappa shape index (κ3) is 6.58. The molecule has 1 saturated heterocycles. The van der Waals surface area contributed by atoms with Crippen molar-refractivity contribution in [1.29, 1.82) is 0 Å². The molecular weight excluding hydrogens is 306 g/mol. The molecular formula is C23H37NO. The van der Waals surface area contributed by atoms with Crippen molar-refractivity contribution < 1.29 is 4.79 Å². The normalized spacial score (nSPS) is 17.6. The molecule has 1 unspecified atom stereocenters. The topological polar surface area (TPSA) is 20.3 Å². The molecule has 0 aliphatic carbocycles. The highest BCUT2D eigenvalue weighted by molar-refractivity contribution is 5.97. The van der Waals surface area contributed by atoms with Crippen LogP contribution in [0.1, 0.15) is 81.1 Å². The van der Waals surface area contributed by atoms with Gasteiger partial charge in [0, 0.05) is 18.5 Å². The second-order valence-electron chi connectivity index (χ2n) is 7.98. The van der Waals surface area contributed by atoms with Gasteiger partial charge in [0.2, 0.25) is 0 Å². The van der Waals surface area contributed by atoms with Crippen LogP contribution < -0.4 is 0 Å². The summed E-state index contributed by atoms with van der Waals surface area (Å²) in [5.41, 5.74) is 2.03. The molecule has 25 heavy (non-hydrogen) atoms. The van der Waals surface area contributed by atoms with E-state index in [1.165, 1.54) is 51.6 Å². The van der Waals surface area contributed by atoms with Crippen LogP contribution in [0.3, 0.4) is 0 Å². The van der Waals surface area contributed by atoms with Gasteiger partial charge in [0.15, 0.2) is 5.78 Å². The van der Waals surface area contributed by atoms with Crippen LogP contribution in [0.2, 0.25) is 0 Å². The summed E-state index contributed by atoms with van der Waals surface area (Å²) in [6.07, 6.45) is 9.85. The fourth-order valence-electron chi connectivity index (χ4n) is 4.24. The van der Waals surface area contributed by atoms with Gasteiger partial charge in [0.25, 0.3) is 0 Å². The molecule has 1 aliphatic rings. The number of benzene rings is 1. The summed E-state index contributed by atoms with van der Waals surface area (Å²) in [6.45, 7) is 10.1. The summed E-state index contributed by atoms with van der Waals surface area (Å²) < 4.78 is 0. The molecule has 2 rings (SSSR count). The molecule has 0 radical (unpaired) electrons. The van der Waals surface area contributed by atoms with E-state index in [9.17, 15) is 4.79 Å². The third-order valence-corrected chi connectivity index (χ3v) is 5.81. The number of carbonyl (C=O) groups is 1. The van der Waals surface area contributed by atoms with Crippen LogP contribution in [0.5, 0.6) is 0 Å². The Morgan fingerprint density at radius 3 is 2.52 bits per heavy atom. The minimum atomic E-state index is 0.328. The molecule has 0 spiro atoms. The Balaban J connectivity index is 1.85. The summed E-state index contributed by atoms with van der Waals surface area (Å²) in [4.78, 5) is 15.4. The predicted octanol–water partition coefficient (Wildman–Crippen LogP) is 5.89. The minimum Gasteiger partial charge on any atom is -0.303 e. The Bertz CT molecular complexity index is 517. The molecule has 1 fully saturated rings. The van der Waals surface area contributed by atoms with Crippen LogP contribution in [0.15, 0.2) is 24.3 Å². The Morgan fingerprint density at radius 1 is 1.16 bits per heavy atom. The summed E-state index contributed by atoms with van der Waals surface area (Å²) in [5.74, 6) is 1.77. The summed E-state index contributed by atoms with van der Waals surface area (Å²) in [7, 11) is 0. The van der Waals surface area contributed by atoms with Gasteiger partial charge in [-0.25, -0.2) is 0 Å². The molecule has 1 heterocycles. The summed E-state index contributed by atoms with van der Waals surface area (Å²) >= 11 is 0. The number of unbranched alkanes of at least 4 members (excludes halogenated alkanes) is 1. The molecule has 2 nitrogen and oxygen atoms in total. The SMILES string of the molecule is CCCCC1CCN(CC(CCC)CC(=O)c2ccccc2C)CC1. The average Bonchev–Trinajstić information content (AvgIpc) is 2.61. The number of aryl methyl sites for hydroxylation is 1. The number of carbonyl (C=O) groups excluding carboxylic acids is 1. The summed E-state index contributed by atoms with van der Waals surface area (Å²) in [5, 5.41) is 0. The van der Waals surface area contributed by atoms with Crippen LogP contribution in [-0.2, 0) is 0 Å². The fourth-order valence-corrected chi connectivity index (χ4v) is 4.24. The number of Topliss-reactive ketones (excluding diaryl/α,β-unsaturated/α-hetero) is 1. The van der Waals surface area contributed by atoms with E-state index in [-0.39, 0.29) is 0 Å². The molecule has 1 aromatic rings. The largest absolute Gasteiger partial charge is 0.303 e. The van der Waals surface area contributed by atoms with Gasteiger partial charge in [-0.2, -0.15) is 0 Å². The standard InChI is InChI=1S/C23H37NO/c1-4-6-11-20-13-15-24(16-14-20)18-21(9-5-2)17-23(25)22-12-8-7-10-19(22)3/h7-8,10,12,20-21H,4-6,9,11,13-18H2,1-3H3. The Labute approximate surface area is 155 Å². The highest BCUT2D eigenvalue weighted by Gasteiger charge is 2.23. The van der Waals surface area contributed by atoms with Gasteiger partial charge in [0.05, 0.1) is 0 Å². The third-order valence-electron chi connectivity index (χ3n) is 5.81. The molecule has 2 heteroatoms. The number of hydrogen-bond donors (Lipinski definition) is 0. The van der Waals surface area contributed by atoms with Gasteiger partial charge in [-0.15, -0.1) is 0 Å². The maximum absolute atomic E-state index is 12.7. The van der Waals surface area contributed by atoms with Gasteiger partial charge >= 0.3 is 0 Å². The van der Waals surface area contributed by atoms with Crippen molar-refractivity contribution in [3.05, 3.63) is 35.4 Å². The first kappa shape index (κ1) is 20.2. The maximum Gasteiger partial charge on any atom is 0.163 e. The lowest BCUT2D eigenvalue weighted by Crippen LogP contribution is -2.37. The van der Waals surface area contributed by atoms with Crippen molar-refractivity contribution in [2.45, 2.75) is 72.1 Å². The van der Waals surface area contributed by atoms with Gasteiger partial charge in [-0.3, -0.25) is 4.79 Å². The molecule has 0 N–H and O–H groups in total. The van der Waals surface area contributed by atoms with Gasteiger partial charge in [0.1, 0.15) is 0 Å². The van der Waals surface area contributed by atoms with Crippen LogP contribution >= 0.6 is 0 Å². The van der Waals surface area contributed by atoms with Crippen molar-refractivity contribution >= 4 is 5.78 Å². The number of piperidine rings is 1. The number of hydrogen-bond acceptors (Lipinski definition) is 2. The fraction of sp³-hybridized carbons (Fsp3) is 0.696. The highest BCUT2D eigenvalue weighted by Crippen LogP contribution is 2.25. The first-order valence-corrected chi connectivity index (χ1v) is 10.4. The van der Waals surface area contributed by atoms with Crippen molar-refractivity contribution in [2.75, 3.05) is 19.6 Å². The quantitative estimate of drug-likeness (QED) is 0.494. The maximum atomic E-state index is 12.7. The minimum absolute atomic E-state index is 0.328. The van der Waals surface area contributed by atoms with Crippen LogP contribution in [0, 0.1) is 18.8 Å². The van der Waals surface area contributed by atoms with E-state index < -0.39 is 0 Å². The van der Waals surface area contributed by atoms with E-state index in [2.05, 4.69) is 18.7 Å². The van der Waals surface area contributed by atoms with Crippen molar-refractivity contribution in [1.82, 2.24) is 4.90 Å². The van der Waals surface area contributed by atoms with Crippen molar-refractivity contribution in [2.24, 2.45) is 11.8 Å². The van der Waals surface area contributed by atoms with E-state index in [1.54, 1.807) is 0 Å². The van der Waals surface area contributed by atoms with E-state index in [0.717, 1.165) is 30.0 Å². The number of likely N-dealkylation sites (tertiary alicyclic amines) is 1. The van der Waals surface area contributed by atoms with Crippen LogP contribution in [0.4, 0.5) is 0 Å². The van der Waals surface area contributed by atoms with Crippen LogP contribution in [-0.4, -0.2) is 30.3 Å². The highest BCUT2D eigenvalue weighted by atomic mass is 16.1. The molecule has 0 bridgehead atoms. The lowest BCUT2D eigenvalue weighted by molar-refractivity contribution is 0.0925. The molecule has 1 aliphatic heterocycles. The zero-order chi connectivity index (χ0) is 18.1. The Hall–Kier alpha value is -1.15. The monoisotopic (exact) mass is 343 g/mol. The Morgan fingerprint density at radius 2 is 1.88 bits per heavy atom. The zero-order valence-electron chi connectivity index (χ0n) is 16.6. The lowest BCUT2D eigenvalue weighted by atomic mass is 9.89. The van der Waals surface area contributed by atoms with E-state index in [1.807, 2.05) is 31.2 Å². The van der Waals surface area contributed by atoms with Crippen molar-refractivity contribution in [3.63, 3.8) is 0 Å². The number of rotatable bonds is 10. The first-order chi connectivity index (χ1) is 12.1. The molecule has 1 atom stereocenters. The summed E-state index contributed by atoms with van der Waals surface area (Å²) in [6, 6.07) is 8.03. The van der Waals surface area contributed by atoms with E-state index in [0.29, 0.717) is 18.1 Å². The van der Waals surface area contributed by atoms with E-state index in [4.69, 9.17) is 0 Å². The zero-order valence-corrected chi connectivity index (χ0v) is 16.6. The lowest BCUT2D eigenvalue weighted by Gasteiger charge is -2.34. The second-order valence-corrected chi connectivity index (χ2v) is 7.98. The number of ketones is 1. The molecule has 0 saturated carbocycles. The predicted molar refractivity (Wildman–Crippen MR) is 107 cm³/mol. The van der Waals surface area contributed by atoms with Gasteiger partial charge < -0.3 is 4.90 Å². The van der Waals surface area contributed by atoms with Crippen molar-refractivity contribution in [3.8, 4) is 0 Å². The molecule has 0 amide bonds. The Kier molecular flexibility index (Phi) is 8.67. The van der Waals surface area contributed by atoms with Crippen LogP contribution in [0.25, 0.3) is 0 Å². The average molecular weight is 344 g/mol. The van der Waals surface area contributed by atoms with Gasteiger partial charge in [-0.1, -0.05) is 63.8 Å². The van der Waals surface area contributed by atoms with E-state index >= 15 is 0 Å². The molecule has 1 aromatic carbocycles. The number of nitrogens with zero attached hydrogens (tertiary/aromatic N) is 1. The first-order valence-electron chi connectivity index (χ1n) is 10.4.